The van der Waals surface area contributed by atoms with E-state index in [1.807, 2.05) is 13.0 Å². The number of ether oxygens (including phenoxy) is 1. The summed E-state index contributed by atoms with van der Waals surface area (Å²) in [6.45, 7) is 8.85. The van der Waals surface area contributed by atoms with Crippen molar-refractivity contribution in [3.05, 3.63) is 12.7 Å². The first-order valence-corrected chi connectivity index (χ1v) is 5.53. The van der Waals surface area contributed by atoms with Gasteiger partial charge in [-0.25, -0.2) is 0 Å². The minimum Gasteiger partial charge on any atom is -0.393 e. The van der Waals surface area contributed by atoms with Gasteiger partial charge in [0.2, 0.25) is 0 Å². The Hall–Kier alpha value is -0.340. The third kappa shape index (κ3) is 1.32. The highest BCUT2D eigenvalue weighted by Crippen LogP contribution is 2.54. The monoisotopic (exact) mass is 196 g/mol. The Kier molecular flexibility index (Phi) is 2.44. The summed E-state index contributed by atoms with van der Waals surface area (Å²) >= 11 is 0. The van der Waals surface area contributed by atoms with Crippen molar-refractivity contribution in [2.24, 2.45) is 17.3 Å². The highest BCUT2D eigenvalue weighted by Gasteiger charge is 2.54. The second-order valence-electron chi connectivity index (χ2n) is 4.94. The molecule has 0 aromatic rings. The van der Waals surface area contributed by atoms with Crippen molar-refractivity contribution in [3.63, 3.8) is 0 Å². The average Bonchev–Trinajstić information content (AvgIpc) is 2.91. The van der Waals surface area contributed by atoms with Crippen LogP contribution < -0.4 is 0 Å². The minimum absolute atomic E-state index is 0.0249. The summed E-state index contributed by atoms with van der Waals surface area (Å²) in [5.41, 5.74) is -0.0249. The lowest BCUT2D eigenvalue weighted by molar-refractivity contribution is -0.00623. The van der Waals surface area contributed by atoms with E-state index in [0.29, 0.717) is 17.9 Å². The fourth-order valence-electron chi connectivity index (χ4n) is 3.12. The standard InChI is InChI=1S/C12H20O2/c1-4-9-5-6-10(11-7-14-11)12(9,3)8(2)13/h4,8-11,13H,1,5-7H2,2-3H3/t8?,9-,10-,11-,12+/m1/s1. The van der Waals surface area contributed by atoms with Crippen LogP contribution in [0.4, 0.5) is 0 Å². The van der Waals surface area contributed by atoms with Gasteiger partial charge in [0.25, 0.3) is 0 Å². The van der Waals surface area contributed by atoms with E-state index in [1.165, 1.54) is 6.42 Å². The number of aliphatic hydroxyl groups excluding tert-OH is 1. The molecular weight excluding hydrogens is 176 g/mol. The zero-order chi connectivity index (χ0) is 10.3. The second kappa shape index (κ2) is 3.35. The predicted molar refractivity (Wildman–Crippen MR) is 55.9 cm³/mol. The molecule has 1 saturated heterocycles. The van der Waals surface area contributed by atoms with Crippen LogP contribution in [-0.4, -0.2) is 23.9 Å². The Labute approximate surface area is 86.0 Å². The van der Waals surface area contributed by atoms with Gasteiger partial charge in [-0.2, -0.15) is 0 Å². The largest absolute Gasteiger partial charge is 0.393 e. The van der Waals surface area contributed by atoms with Gasteiger partial charge in [-0.15, -0.1) is 6.58 Å². The fraction of sp³-hybridized carbons (Fsp3) is 0.833. The summed E-state index contributed by atoms with van der Waals surface area (Å²) in [5.74, 6) is 0.960. The Morgan fingerprint density at radius 2 is 2.21 bits per heavy atom. The van der Waals surface area contributed by atoms with Crippen LogP contribution in [-0.2, 0) is 4.74 Å². The van der Waals surface area contributed by atoms with Crippen LogP contribution in [0.5, 0.6) is 0 Å². The van der Waals surface area contributed by atoms with Gasteiger partial charge >= 0.3 is 0 Å². The molecule has 0 aromatic heterocycles. The van der Waals surface area contributed by atoms with Crippen LogP contribution in [0.3, 0.4) is 0 Å². The Morgan fingerprint density at radius 3 is 2.64 bits per heavy atom. The molecular formula is C12H20O2. The van der Waals surface area contributed by atoms with Crippen LogP contribution >= 0.6 is 0 Å². The molecule has 1 aliphatic carbocycles. The molecule has 5 atom stereocenters. The van der Waals surface area contributed by atoms with Crippen molar-refractivity contribution in [1.82, 2.24) is 0 Å². The number of epoxide rings is 1. The van der Waals surface area contributed by atoms with Crippen molar-refractivity contribution in [3.8, 4) is 0 Å². The zero-order valence-electron chi connectivity index (χ0n) is 9.07. The third-order valence-electron chi connectivity index (χ3n) is 4.38. The summed E-state index contributed by atoms with van der Waals surface area (Å²) in [4.78, 5) is 0. The van der Waals surface area contributed by atoms with Crippen LogP contribution in [0.15, 0.2) is 12.7 Å². The van der Waals surface area contributed by atoms with E-state index in [0.717, 1.165) is 13.0 Å². The van der Waals surface area contributed by atoms with E-state index < -0.39 is 0 Å². The van der Waals surface area contributed by atoms with E-state index in [9.17, 15) is 5.11 Å². The molecule has 1 aliphatic heterocycles. The summed E-state index contributed by atoms with van der Waals surface area (Å²) in [5, 5.41) is 9.96. The van der Waals surface area contributed by atoms with Crippen LogP contribution in [0.1, 0.15) is 26.7 Å². The van der Waals surface area contributed by atoms with Crippen molar-refractivity contribution >= 4 is 0 Å². The number of rotatable bonds is 3. The second-order valence-corrected chi connectivity index (χ2v) is 4.94. The molecule has 1 unspecified atom stereocenters. The smallest absolute Gasteiger partial charge is 0.0844 e. The van der Waals surface area contributed by atoms with Crippen LogP contribution in [0.2, 0.25) is 0 Å². The van der Waals surface area contributed by atoms with Crippen LogP contribution in [0, 0.1) is 17.3 Å². The third-order valence-corrected chi connectivity index (χ3v) is 4.38. The highest BCUT2D eigenvalue weighted by atomic mass is 16.6. The molecule has 2 aliphatic rings. The molecule has 0 radical (unpaired) electrons. The summed E-state index contributed by atoms with van der Waals surface area (Å²) < 4.78 is 5.39. The summed E-state index contributed by atoms with van der Waals surface area (Å²) in [6, 6.07) is 0. The van der Waals surface area contributed by atoms with Gasteiger partial charge < -0.3 is 9.84 Å². The lowest BCUT2D eigenvalue weighted by Crippen LogP contribution is -2.40. The van der Waals surface area contributed by atoms with Crippen molar-refractivity contribution < 1.29 is 9.84 Å². The topological polar surface area (TPSA) is 32.8 Å². The van der Waals surface area contributed by atoms with E-state index in [-0.39, 0.29) is 11.5 Å². The maximum Gasteiger partial charge on any atom is 0.0844 e. The lowest BCUT2D eigenvalue weighted by atomic mass is 9.69. The lowest BCUT2D eigenvalue weighted by Gasteiger charge is -2.38. The van der Waals surface area contributed by atoms with Crippen molar-refractivity contribution in [2.45, 2.75) is 38.9 Å². The number of allylic oxidation sites excluding steroid dienone is 1. The fourth-order valence-corrected chi connectivity index (χ4v) is 3.12. The molecule has 2 heteroatoms. The first-order chi connectivity index (χ1) is 6.60. The van der Waals surface area contributed by atoms with Crippen molar-refractivity contribution in [2.75, 3.05) is 6.61 Å². The number of hydrogen-bond donors (Lipinski definition) is 1. The molecule has 0 bridgehead atoms. The summed E-state index contributed by atoms with van der Waals surface area (Å²) in [6.07, 6.45) is 4.45. The van der Waals surface area contributed by atoms with Gasteiger partial charge in [0.05, 0.1) is 18.8 Å². The molecule has 0 amide bonds. The zero-order valence-corrected chi connectivity index (χ0v) is 9.07. The first kappa shape index (κ1) is 10.2. The number of hydrogen-bond acceptors (Lipinski definition) is 2. The van der Waals surface area contributed by atoms with E-state index in [1.54, 1.807) is 0 Å². The van der Waals surface area contributed by atoms with Gasteiger partial charge in [-0.3, -0.25) is 0 Å². The van der Waals surface area contributed by atoms with E-state index in [2.05, 4.69) is 13.5 Å². The molecule has 0 aromatic carbocycles. The van der Waals surface area contributed by atoms with Gasteiger partial charge in [-0.1, -0.05) is 13.0 Å². The molecule has 2 nitrogen and oxygen atoms in total. The molecule has 1 N–H and O–H groups in total. The Morgan fingerprint density at radius 1 is 1.57 bits per heavy atom. The average molecular weight is 196 g/mol. The van der Waals surface area contributed by atoms with Gasteiger partial charge in [0.1, 0.15) is 0 Å². The normalized spacial score (nSPS) is 48.9. The molecule has 2 rings (SSSR count). The quantitative estimate of drug-likeness (QED) is 0.553. The highest BCUT2D eigenvalue weighted by molar-refractivity contribution is 5.07. The van der Waals surface area contributed by atoms with Gasteiger partial charge in [0.15, 0.2) is 0 Å². The van der Waals surface area contributed by atoms with E-state index >= 15 is 0 Å². The minimum atomic E-state index is -0.276. The molecule has 2 fully saturated rings. The van der Waals surface area contributed by atoms with E-state index in [4.69, 9.17) is 4.74 Å². The molecule has 14 heavy (non-hydrogen) atoms. The van der Waals surface area contributed by atoms with Crippen LogP contribution in [0.25, 0.3) is 0 Å². The maximum atomic E-state index is 9.96. The SMILES string of the molecule is C=C[C@@H]1CC[C@H]([C@H]2CO2)[C@@]1(C)C(C)O. The van der Waals surface area contributed by atoms with Gasteiger partial charge in [-0.05, 0) is 31.6 Å². The maximum absolute atomic E-state index is 9.96. The molecule has 0 spiro atoms. The van der Waals surface area contributed by atoms with Crippen molar-refractivity contribution in [1.29, 1.82) is 0 Å². The molecule has 1 saturated carbocycles. The summed E-state index contributed by atoms with van der Waals surface area (Å²) in [7, 11) is 0. The predicted octanol–water partition coefficient (Wildman–Crippen LogP) is 1.98. The first-order valence-electron chi connectivity index (χ1n) is 5.53. The molecule has 1 heterocycles. The Balaban J connectivity index is 2.22. The molecule has 80 valence electrons. The Bertz CT molecular complexity index is 232. The van der Waals surface area contributed by atoms with Gasteiger partial charge in [0, 0.05) is 5.41 Å². The number of aliphatic hydroxyl groups is 1.